The lowest BCUT2D eigenvalue weighted by molar-refractivity contribution is -0.138. The average molecular weight is 497 g/mol. The van der Waals surface area contributed by atoms with Crippen LogP contribution in [0.5, 0.6) is 0 Å². The molecule has 0 aromatic heterocycles. The van der Waals surface area contributed by atoms with Gasteiger partial charge in [-0.2, -0.15) is 0 Å². The van der Waals surface area contributed by atoms with E-state index in [0.29, 0.717) is 12.8 Å². The Kier molecular flexibility index (Phi) is 19.7. The molecule has 0 bridgehead atoms. The molecule has 3 atom stereocenters. The molecule has 34 heavy (non-hydrogen) atoms. The van der Waals surface area contributed by atoms with Crippen molar-refractivity contribution < 1.29 is 29.7 Å². The highest BCUT2D eigenvalue weighted by Crippen LogP contribution is 2.21. The van der Waals surface area contributed by atoms with Crippen molar-refractivity contribution in [2.24, 2.45) is 5.73 Å². The van der Waals surface area contributed by atoms with Gasteiger partial charge in [0.05, 0.1) is 12.1 Å². The molecule has 0 heterocycles. The van der Waals surface area contributed by atoms with Gasteiger partial charge in [0.25, 0.3) is 0 Å². The van der Waals surface area contributed by atoms with Gasteiger partial charge in [-0.05, 0) is 32.1 Å². The minimum Gasteiger partial charge on any atom is -0.481 e. The Morgan fingerprint density at radius 3 is 2.38 bits per heavy atom. The van der Waals surface area contributed by atoms with Gasteiger partial charge in [-0.15, -0.1) is 11.8 Å². The minimum absolute atomic E-state index is 0.0347. The number of rotatable bonds is 20. The number of hydrogen-bond donors (Lipinski definition) is 5. The zero-order valence-electron chi connectivity index (χ0n) is 20.0. The Morgan fingerprint density at radius 1 is 0.971 bits per heavy atom. The Labute approximate surface area is 207 Å². The van der Waals surface area contributed by atoms with Gasteiger partial charge in [0.2, 0.25) is 5.91 Å². The van der Waals surface area contributed by atoms with Crippen molar-refractivity contribution in [1.82, 2.24) is 5.32 Å². The van der Waals surface area contributed by atoms with Crippen LogP contribution in [0, 0.1) is 0 Å². The number of carboxylic acids is 2. The van der Waals surface area contributed by atoms with Crippen molar-refractivity contribution in [3.8, 4) is 0 Å². The van der Waals surface area contributed by atoms with Gasteiger partial charge in [0.15, 0.2) is 0 Å². The normalized spacial score (nSPS) is 14.8. The lowest BCUT2D eigenvalue weighted by Crippen LogP contribution is -2.44. The second-order valence-electron chi connectivity index (χ2n) is 7.77. The van der Waals surface area contributed by atoms with E-state index in [1.807, 2.05) is 24.3 Å². The van der Waals surface area contributed by atoms with Crippen LogP contribution >= 0.6 is 11.8 Å². The maximum atomic E-state index is 11.9. The molecule has 0 aromatic carbocycles. The van der Waals surface area contributed by atoms with Gasteiger partial charge in [-0.3, -0.25) is 14.4 Å². The van der Waals surface area contributed by atoms with E-state index in [4.69, 9.17) is 15.9 Å². The number of amides is 1. The fraction of sp³-hybridized carbons (Fsp3) is 0.560. The van der Waals surface area contributed by atoms with Crippen LogP contribution in [0.2, 0.25) is 0 Å². The number of allylic oxidation sites excluding steroid dienone is 7. The molecule has 0 fully saturated rings. The Morgan fingerprint density at radius 2 is 1.71 bits per heavy atom. The van der Waals surface area contributed by atoms with Crippen LogP contribution in [0.4, 0.5) is 0 Å². The largest absolute Gasteiger partial charge is 0.481 e. The van der Waals surface area contributed by atoms with Gasteiger partial charge in [0.1, 0.15) is 6.54 Å². The predicted molar refractivity (Wildman–Crippen MR) is 138 cm³/mol. The summed E-state index contributed by atoms with van der Waals surface area (Å²) in [6, 6.07) is -0.931. The van der Waals surface area contributed by atoms with Crippen molar-refractivity contribution in [3.05, 3.63) is 48.6 Å². The summed E-state index contributed by atoms with van der Waals surface area (Å²) in [7, 11) is 0. The topological polar surface area (TPSA) is 150 Å². The number of thioether (sulfide) groups is 1. The third-order valence-electron chi connectivity index (χ3n) is 4.67. The van der Waals surface area contributed by atoms with E-state index < -0.39 is 41.8 Å². The molecule has 0 aliphatic carbocycles. The molecule has 0 saturated heterocycles. The molecule has 9 heteroatoms. The molecule has 8 nitrogen and oxygen atoms in total. The smallest absolute Gasteiger partial charge is 0.322 e. The zero-order chi connectivity index (χ0) is 25.6. The number of aliphatic carboxylic acids is 2. The Balaban J connectivity index is 4.70. The maximum absolute atomic E-state index is 11.9. The van der Waals surface area contributed by atoms with Crippen molar-refractivity contribution in [2.45, 2.75) is 75.7 Å². The number of unbranched alkanes of at least 4 members (excludes halogenated alkanes) is 3. The molecule has 0 radical (unpaired) electrons. The summed E-state index contributed by atoms with van der Waals surface area (Å²) in [6.45, 7) is 1.68. The van der Waals surface area contributed by atoms with E-state index >= 15 is 0 Å². The number of nitrogens with two attached hydrogens (primary N) is 1. The first kappa shape index (κ1) is 31.6. The van der Waals surface area contributed by atoms with Gasteiger partial charge >= 0.3 is 11.9 Å². The number of carbonyl (C=O) groups excluding carboxylic acids is 1. The second-order valence-corrected chi connectivity index (χ2v) is 8.98. The highest BCUT2D eigenvalue weighted by molar-refractivity contribution is 8.00. The minimum atomic E-state index is -1.16. The fourth-order valence-corrected chi connectivity index (χ4v) is 3.91. The molecular formula is C25H40N2O6S. The molecule has 6 N–H and O–H groups in total. The van der Waals surface area contributed by atoms with Gasteiger partial charge in [0, 0.05) is 17.4 Å². The summed E-state index contributed by atoms with van der Waals surface area (Å²) in [4.78, 5) is 33.2. The highest BCUT2D eigenvalue weighted by Gasteiger charge is 2.21. The van der Waals surface area contributed by atoms with Crippen LogP contribution in [0.1, 0.15) is 58.3 Å². The predicted octanol–water partition coefficient (Wildman–Crippen LogP) is 3.43. The summed E-state index contributed by atoms with van der Waals surface area (Å²) >= 11 is 1.26. The van der Waals surface area contributed by atoms with Crippen molar-refractivity contribution >= 4 is 29.6 Å². The Hall–Kier alpha value is -2.36. The first-order chi connectivity index (χ1) is 16.3. The number of hydrogen-bond acceptors (Lipinski definition) is 6. The van der Waals surface area contributed by atoms with Gasteiger partial charge in [-0.25, -0.2) is 0 Å². The summed E-state index contributed by atoms with van der Waals surface area (Å²) in [6.07, 6.45) is 21.1. The van der Waals surface area contributed by atoms with Gasteiger partial charge in [-0.1, -0.05) is 68.4 Å². The SMILES string of the molecule is CCCCC/C=C/C/C=C/C=C/C=C/[C@H](SC[C@H](N)C(=O)NCC(=O)O)[C@H](O)CCCC(=O)O. The molecule has 0 unspecified atom stereocenters. The summed E-state index contributed by atoms with van der Waals surface area (Å²) in [5, 5.41) is 29.8. The maximum Gasteiger partial charge on any atom is 0.322 e. The van der Waals surface area contributed by atoms with E-state index in [9.17, 15) is 19.5 Å². The van der Waals surface area contributed by atoms with Crippen LogP contribution in [-0.4, -0.2) is 62.9 Å². The summed E-state index contributed by atoms with van der Waals surface area (Å²) in [5.41, 5.74) is 5.82. The van der Waals surface area contributed by atoms with Crippen molar-refractivity contribution in [2.75, 3.05) is 12.3 Å². The van der Waals surface area contributed by atoms with E-state index in [1.54, 1.807) is 12.2 Å². The first-order valence-electron chi connectivity index (χ1n) is 11.7. The number of aliphatic hydroxyl groups excluding tert-OH is 1. The van der Waals surface area contributed by atoms with Crippen LogP contribution in [0.25, 0.3) is 0 Å². The molecular weight excluding hydrogens is 456 g/mol. The summed E-state index contributed by atoms with van der Waals surface area (Å²) in [5.74, 6) is -2.49. The molecule has 1 amide bonds. The number of carbonyl (C=O) groups is 3. The molecule has 0 saturated carbocycles. The third-order valence-corrected chi connectivity index (χ3v) is 6.08. The highest BCUT2D eigenvalue weighted by atomic mass is 32.2. The van der Waals surface area contributed by atoms with Crippen LogP contribution in [-0.2, 0) is 14.4 Å². The van der Waals surface area contributed by atoms with E-state index in [1.165, 1.54) is 31.0 Å². The molecule has 0 spiro atoms. The lowest BCUT2D eigenvalue weighted by Gasteiger charge is -2.21. The number of carboxylic acid groups (broad SMARTS) is 2. The molecule has 0 aromatic rings. The summed E-state index contributed by atoms with van der Waals surface area (Å²) < 4.78 is 0. The third kappa shape index (κ3) is 19.1. The van der Waals surface area contributed by atoms with Crippen molar-refractivity contribution in [3.63, 3.8) is 0 Å². The van der Waals surface area contributed by atoms with Crippen LogP contribution < -0.4 is 11.1 Å². The quantitative estimate of drug-likeness (QED) is 0.0977. The van der Waals surface area contributed by atoms with E-state index in [-0.39, 0.29) is 12.2 Å². The zero-order valence-corrected chi connectivity index (χ0v) is 20.8. The lowest BCUT2D eigenvalue weighted by atomic mass is 10.1. The monoisotopic (exact) mass is 496 g/mol. The molecule has 0 aliphatic heterocycles. The molecule has 192 valence electrons. The van der Waals surface area contributed by atoms with Crippen LogP contribution in [0.3, 0.4) is 0 Å². The standard InChI is InChI=1S/C25H40N2O6S/c1-2-3-4-5-6-7-8-9-10-11-12-13-16-22(21(28)15-14-17-23(29)30)34-19-20(26)25(33)27-18-24(31)32/h6-7,9-13,16,20-22,28H,2-5,8,14-15,17-19,26H2,1H3,(H,27,33)(H,29,30)(H,31,32)/b7-6+,10-9+,12-11+,16-13+/t20-,21+,22-/m0/s1. The van der Waals surface area contributed by atoms with E-state index in [0.717, 1.165) is 12.8 Å². The average Bonchev–Trinajstić information content (AvgIpc) is 2.79. The fourth-order valence-electron chi connectivity index (χ4n) is 2.77. The van der Waals surface area contributed by atoms with Gasteiger partial charge < -0.3 is 26.4 Å². The molecule has 0 aliphatic rings. The van der Waals surface area contributed by atoms with E-state index in [2.05, 4.69) is 24.4 Å². The number of aliphatic hydroxyl groups is 1. The molecule has 0 rings (SSSR count). The second kappa shape index (κ2) is 21.2. The van der Waals surface area contributed by atoms with Crippen LogP contribution in [0.15, 0.2) is 48.6 Å². The number of nitrogens with one attached hydrogen (secondary N) is 1. The first-order valence-corrected chi connectivity index (χ1v) is 12.7. The Bertz CT molecular complexity index is 706. The van der Waals surface area contributed by atoms with Crippen molar-refractivity contribution in [1.29, 1.82) is 0 Å².